The van der Waals surface area contributed by atoms with Crippen molar-refractivity contribution in [3.05, 3.63) is 40.0 Å². The number of esters is 3. The van der Waals surface area contributed by atoms with E-state index in [1.807, 2.05) is 0 Å². The fraction of sp³-hybridized carbons (Fsp3) is 0.214. The third-order valence-electron chi connectivity index (χ3n) is 2.53. The van der Waals surface area contributed by atoms with Crippen molar-refractivity contribution in [1.29, 1.82) is 0 Å². The van der Waals surface area contributed by atoms with Crippen LogP contribution in [0.15, 0.2) is 34.4 Å². The maximum Gasteiger partial charge on any atom is 0.354 e. The van der Waals surface area contributed by atoms with Crippen LogP contribution in [0.25, 0.3) is 0 Å². The highest BCUT2D eigenvalue weighted by atomic mass is 79.9. The molecule has 0 atom stereocenters. The van der Waals surface area contributed by atoms with Gasteiger partial charge < -0.3 is 19.5 Å². The van der Waals surface area contributed by atoms with Gasteiger partial charge in [-0.05, 0) is 34.1 Å². The molecular weight excluding hydrogens is 358 g/mol. The lowest BCUT2D eigenvalue weighted by atomic mass is 10.2. The molecule has 8 heteroatoms. The Hall–Kier alpha value is -2.35. The topological polar surface area (TPSA) is 90.9 Å². The second kappa shape index (κ2) is 8.18. The van der Waals surface area contributed by atoms with Gasteiger partial charge in [0.05, 0.1) is 38.7 Å². The Bertz CT molecular complexity index is 626. The van der Waals surface area contributed by atoms with Crippen LogP contribution in [0.3, 0.4) is 0 Å². The van der Waals surface area contributed by atoms with Crippen molar-refractivity contribution in [2.24, 2.45) is 0 Å². The zero-order valence-electron chi connectivity index (χ0n) is 12.1. The molecule has 0 bridgehead atoms. The number of anilines is 1. The van der Waals surface area contributed by atoms with Crippen LogP contribution in [0.2, 0.25) is 0 Å². The van der Waals surface area contributed by atoms with Crippen LogP contribution in [0.1, 0.15) is 10.4 Å². The van der Waals surface area contributed by atoms with Gasteiger partial charge in [0.1, 0.15) is 5.70 Å². The lowest BCUT2D eigenvalue weighted by molar-refractivity contribution is -0.138. The molecule has 1 rings (SSSR count). The number of halogens is 1. The van der Waals surface area contributed by atoms with Gasteiger partial charge in [-0.15, -0.1) is 0 Å². The zero-order chi connectivity index (χ0) is 16.7. The average molecular weight is 372 g/mol. The monoisotopic (exact) mass is 371 g/mol. The van der Waals surface area contributed by atoms with Crippen molar-refractivity contribution < 1.29 is 28.6 Å². The molecule has 0 radical (unpaired) electrons. The minimum absolute atomic E-state index is 0.110. The number of hydrogen-bond donors (Lipinski definition) is 1. The van der Waals surface area contributed by atoms with E-state index in [4.69, 9.17) is 0 Å². The quantitative estimate of drug-likeness (QED) is 0.479. The average Bonchev–Trinajstić information content (AvgIpc) is 2.53. The second-order valence-electron chi connectivity index (χ2n) is 3.88. The van der Waals surface area contributed by atoms with Crippen molar-refractivity contribution in [2.45, 2.75) is 0 Å². The smallest absolute Gasteiger partial charge is 0.354 e. The van der Waals surface area contributed by atoms with E-state index in [1.165, 1.54) is 33.5 Å². The lowest BCUT2D eigenvalue weighted by Crippen LogP contribution is -2.16. The minimum atomic E-state index is -0.741. The molecule has 0 aliphatic rings. The highest BCUT2D eigenvalue weighted by Gasteiger charge is 2.15. The first-order valence-electron chi connectivity index (χ1n) is 5.95. The van der Waals surface area contributed by atoms with Crippen LogP contribution in [-0.4, -0.2) is 39.2 Å². The molecule has 7 nitrogen and oxygen atoms in total. The number of carbonyl (C=O) groups is 3. The summed E-state index contributed by atoms with van der Waals surface area (Å²) in [5, 5.41) is 2.73. The summed E-state index contributed by atoms with van der Waals surface area (Å²) in [6.07, 6.45) is 0.965. The predicted molar refractivity (Wildman–Crippen MR) is 81.2 cm³/mol. The second-order valence-corrected chi connectivity index (χ2v) is 4.74. The van der Waals surface area contributed by atoms with E-state index in [0.717, 1.165) is 6.08 Å². The summed E-state index contributed by atoms with van der Waals surface area (Å²) >= 11 is 3.26. The molecule has 118 valence electrons. The Labute approximate surface area is 135 Å². The van der Waals surface area contributed by atoms with Crippen LogP contribution in [0.4, 0.5) is 5.69 Å². The summed E-state index contributed by atoms with van der Waals surface area (Å²) in [6, 6.07) is 4.57. The fourth-order valence-corrected chi connectivity index (χ4v) is 1.92. The van der Waals surface area contributed by atoms with E-state index < -0.39 is 17.9 Å². The molecule has 0 unspecified atom stereocenters. The molecule has 0 aliphatic carbocycles. The highest BCUT2D eigenvalue weighted by Crippen LogP contribution is 2.25. The Kier molecular flexibility index (Phi) is 6.58. The summed E-state index contributed by atoms with van der Waals surface area (Å²) in [5.74, 6) is -1.95. The van der Waals surface area contributed by atoms with Gasteiger partial charge in [-0.2, -0.15) is 0 Å². The van der Waals surface area contributed by atoms with Crippen LogP contribution < -0.4 is 5.32 Å². The van der Waals surface area contributed by atoms with Gasteiger partial charge in [0.25, 0.3) is 0 Å². The number of rotatable bonds is 5. The largest absolute Gasteiger partial charge is 0.466 e. The van der Waals surface area contributed by atoms with Crippen molar-refractivity contribution in [2.75, 3.05) is 26.6 Å². The van der Waals surface area contributed by atoms with Gasteiger partial charge in [-0.1, -0.05) is 0 Å². The molecule has 22 heavy (non-hydrogen) atoms. The van der Waals surface area contributed by atoms with Crippen molar-refractivity contribution in [3.8, 4) is 0 Å². The highest BCUT2D eigenvalue weighted by molar-refractivity contribution is 9.10. The van der Waals surface area contributed by atoms with Crippen LogP contribution in [0, 0.1) is 0 Å². The molecule has 0 spiro atoms. The number of benzene rings is 1. The van der Waals surface area contributed by atoms with Gasteiger partial charge in [-0.3, -0.25) is 0 Å². The molecule has 0 saturated heterocycles. The summed E-state index contributed by atoms with van der Waals surface area (Å²) in [4.78, 5) is 34.4. The molecule has 1 aromatic carbocycles. The molecule has 0 amide bonds. The Morgan fingerprint density at radius 2 is 1.77 bits per heavy atom. The van der Waals surface area contributed by atoms with E-state index in [-0.39, 0.29) is 5.70 Å². The van der Waals surface area contributed by atoms with Gasteiger partial charge in [0, 0.05) is 4.47 Å². The van der Waals surface area contributed by atoms with Gasteiger partial charge >= 0.3 is 17.9 Å². The van der Waals surface area contributed by atoms with E-state index in [9.17, 15) is 14.4 Å². The third-order valence-corrected chi connectivity index (χ3v) is 3.18. The SMILES string of the molecule is COC(=O)/C=C(/Nc1ccc(C(=O)OC)cc1Br)C(=O)OC. The van der Waals surface area contributed by atoms with E-state index >= 15 is 0 Å². The van der Waals surface area contributed by atoms with Crippen molar-refractivity contribution in [3.63, 3.8) is 0 Å². The van der Waals surface area contributed by atoms with Gasteiger partial charge in [-0.25, -0.2) is 14.4 Å². The molecule has 1 aromatic rings. The normalized spacial score (nSPS) is 10.6. The Morgan fingerprint density at radius 1 is 1.09 bits per heavy atom. The first-order chi connectivity index (χ1) is 10.4. The van der Waals surface area contributed by atoms with Crippen LogP contribution >= 0.6 is 15.9 Å². The van der Waals surface area contributed by atoms with Crippen LogP contribution in [0.5, 0.6) is 0 Å². The summed E-state index contributed by atoms with van der Waals surface area (Å²) < 4.78 is 14.2. The maximum absolute atomic E-state index is 11.7. The fourth-order valence-electron chi connectivity index (χ4n) is 1.44. The number of ether oxygens (including phenoxy) is 3. The maximum atomic E-state index is 11.7. The molecular formula is C14H14BrNO6. The van der Waals surface area contributed by atoms with E-state index in [2.05, 4.69) is 35.5 Å². The Balaban J connectivity index is 3.09. The molecule has 0 heterocycles. The number of hydrogen-bond acceptors (Lipinski definition) is 7. The predicted octanol–water partition coefficient (Wildman–Crippen LogP) is 1.88. The first kappa shape index (κ1) is 17.7. The number of carbonyl (C=O) groups excluding carboxylic acids is 3. The zero-order valence-corrected chi connectivity index (χ0v) is 13.7. The number of methoxy groups -OCH3 is 3. The third kappa shape index (κ3) is 4.59. The molecule has 0 saturated carbocycles. The lowest BCUT2D eigenvalue weighted by Gasteiger charge is -2.11. The van der Waals surface area contributed by atoms with Gasteiger partial charge in [0.15, 0.2) is 0 Å². The van der Waals surface area contributed by atoms with Crippen molar-refractivity contribution in [1.82, 2.24) is 0 Å². The van der Waals surface area contributed by atoms with E-state index in [0.29, 0.717) is 15.7 Å². The van der Waals surface area contributed by atoms with Crippen LogP contribution in [-0.2, 0) is 23.8 Å². The molecule has 0 fully saturated rings. The number of nitrogens with one attached hydrogen (secondary N) is 1. The first-order valence-corrected chi connectivity index (χ1v) is 6.75. The van der Waals surface area contributed by atoms with Crippen molar-refractivity contribution >= 4 is 39.5 Å². The minimum Gasteiger partial charge on any atom is -0.466 e. The summed E-state index contributed by atoms with van der Waals surface area (Å²) in [5.41, 5.74) is 0.672. The van der Waals surface area contributed by atoms with E-state index in [1.54, 1.807) is 6.07 Å². The Morgan fingerprint density at radius 3 is 2.27 bits per heavy atom. The molecule has 0 aliphatic heterocycles. The van der Waals surface area contributed by atoms with Gasteiger partial charge in [0.2, 0.25) is 0 Å². The molecule has 1 N–H and O–H groups in total. The summed E-state index contributed by atoms with van der Waals surface area (Å²) in [6.45, 7) is 0. The summed E-state index contributed by atoms with van der Waals surface area (Å²) in [7, 11) is 3.65. The molecule has 0 aromatic heterocycles. The standard InChI is InChI=1S/C14H14BrNO6/c1-20-12(17)7-11(14(19)22-3)16-10-5-4-8(6-9(10)15)13(18)21-2/h4-7,16H,1-3H3/b11-7+.